The average molecular weight is 262 g/mol. The third-order valence-electron chi connectivity index (χ3n) is 4.12. The molecule has 0 unspecified atom stereocenters. The summed E-state index contributed by atoms with van der Waals surface area (Å²) in [5, 5.41) is 10.5. The monoisotopic (exact) mass is 262 g/mol. The van der Waals surface area contributed by atoms with Crippen molar-refractivity contribution in [2.45, 2.75) is 44.6 Å². The van der Waals surface area contributed by atoms with Gasteiger partial charge in [-0.2, -0.15) is 0 Å². The molecule has 1 aromatic carbocycles. The van der Waals surface area contributed by atoms with Gasteiger partial charge in [-0.15, -0.1) is 0 Å². The third-order valence-corrected chi connectivity index (χ3v) is 4.12. The predicted molar refractivity (Wildman–Crippen MR) is 74.3 cm³/mol. The van der Waals surface area contributed by atoms with Gasteiger partial charge in [0.25, 0.3) is 0 Å². The van der Waals surface area contributed by atoms with E-state index >= 15 is 0 Å². The van der Waals surface area contributed by atoms with Crippen LogP contribution in [0.2, 0.25) is 0 Å². The lowest BCUT2D eigenvalue weighted by molar-refractivity contribution is -0.140. The van der Waals surface area contributed by atoms with Crippen LogP contribution in [0, 0.1) is 5.92 Å². The van der Waals surface area contributed by atoms with E-state index in [4.69, 9.17) is 4.74 Å². The Bertz CT molecular complexity index is 445. The number of hydrogen-bond acceptors (Lipinski definition) is 3. The Labute approximate surface area is 114 Å². The van der Waals surface area contributed by atoms with Crippen LogP contribution in [0.4, 0.5) is 0 Å². The van der Waals surface area contributed by atoms with Gasteiger partial charge >= 0.3 is 0 Å². The number of methoxy groups -OCH3 is 1. The van der Waals surface area contributed by atoms with Gasteiger partial charge in [0.2, 0.25) is 0 Å². The summed E-state index contributed by atoms with van der Waals surface area (Å²) in [6, 6.07) is 7.47. The zero-order chi connectivity index (χ0) is 13.9. The minimum Gasteiger partial charge on any atom is -0.497 e. The molecule has 0 aromatic heterocycles. The third kappa shape index (κ3) is 3.35. The summed E-state index contributed by atoms with van der Waals surface area (Å²) < 4.78 is 5.15. The van der Waals surface area contributed by atoms with Crippen LogP contribution in [-0.4, -0.2) is 23.6 Å². The van der Waals surface area contributed by atoms with Gasteiger partial charge in [0, 0.05) is 6.42 Å². The van der Waals surface area contributed by atoms with E-state index in [9.17, 15) is 9.90 Å². The molecule has 104 valence electrons. The fourth-order valence-electron chi connectivity index (χ4n) is 2.65. The summed E-state index contributed by atoms with van der Waals surface area (Å²) >= 11 is 0. The number of aliphatic hydroxyl groups is 1. The SMILES string of the molecule is COc1cccc(CC(=O)C2(O)CCC(C)CC2)c1. The number of carbonyl (C=O) groups is 1. The fourth-order valence-corrected chi connectivity index (χ4v) is 2.65. The number of Topliss-reactive ketones (excluding diaryl/α,β-unsaturated/α-hetero) is 1. The van der Waals surface area contributed by atoms with Crippen LogP contribution < -0.4 is 4.74 Å². The topological polar surface area (TPSA) is 46.5 Å². The van der Waals surface area contributed by atoms with Crippen LogP contribution in [-0.2, 0) is 11.2 Å². The highest BCUT2D eigenvalue weighted by Crippen LogP contribution is 2.33. The van der Waals surface area contributed by atoms with Crippen molar-refractivity contribution in [2.24, 2.45) is 5.92 Å². The van der Waals surface area contributed by atoms with Crippen molar-refractivity contribution in [2.75, 3.05) is 7.11 Å². The normalized spacial score (nSPS) is 27.0. The second kappa shape index (κ2) is 5.74. The molecule has 0 spiro atoms. The van der Waals surface area contributed by atoms with Crippen LogP contribution >= 0.6 is 0 Å². The molecule has 0 aliphatic heterocycles. The van der Waals surface area contributed by atoms with E-state index in [-0.39, 0.29) is 12.2 Å². The first-order chi connectivity index (χ1) is 9.03. The Balaban J connectivity index is 2.03. The number of rotatable bonds is 4. The summed E-state index contributed by atoms with van der Waals surface area (Å²) in [6.07, 6.45) is 3.33. The lowest BCUT2D eigenvalue weighted by Gasteiger charge is -2.33. The summed E-state index contributed by atoms with van der Waals surface area (Å²) in [5.74, 6) is 1.30. The molecule has 1 saturated carbocycles. The highest BCUT2D eigenvalue weighted by Gasteiger charge is 2.38. The largest absolute Gasteiger partial charge is 0.497 e. The van der Waals surface area contributed by atoms with Gasteiger partial charge in [-0.05, 0) is 49.3 Å². The van der Waals surface area contributed by atoms with Gasteiger partial charge in [0.1, 0.15) is 11.4 Å². The van der Waals surface area contributed by atoms with Crippen LogP contribution in [0.1, 0.15) is 38.2 Å². The highest BCUT2D eigenvalue weighted by molar-refractivity contribution is 5.89. The number of carbonyl (C=O) groups excluding carboxylic acids is 1. The molecule has 0 heterocycles. The zero-order valence-electron chi connectivity index (χ0n) is 11.7. The van der Waals surface area contributed by atoms with E-state index in [0.29, 0.717) is 18.8 Å². The van der Waals surface area contributed by atoms with Crippen molar-refractivity contribution in [1.82, 2.24) is 0 Å². The summed E-state index contributed by atoms with van der Waals surface area (Å²) in [5.41, 5.74) is -0.216. The first kappa shape index (κ1) is 14.1. The number of hydrogen-bond donors (Lipinski definition) is 1. The minimum absolute atomic E-state index is 0.0624. The van der Waals surface area contributed by atoms with E-state index in [1.165, 1.54) is 0 Å². The molecule has 1 fully saturated rings. The van der Waals surface area contributed by atoms with Gasteiger partial charge in [-0.1, -0.05) is 19.1 Å². The maximum absolute atomic E-state index is 12.3. The maximum Gasteiger partial charge on any atom is 0.168 e. The van der Waals surface area contributed by atoms with Crippen LogP contribution in [0.3, 0.4) is 0 Å². The van der Waals surface area contributed by atoms with Crippen molar-refractivity contribution >= 4 is 5.78 Å². The Morgan fingerprint density at radius 2 is 2.11 bits per heavy atom. The van der Waals surface area contributed by atoms with Crippen molar-refractivity contribution < 1.29 is 14.6 Å². The molecule has 0 amide bonds. The first-order valence-corrected chi connectivity index (χ1v) is 6.92. The van der Waals surface area contributed by atoms with Crippen molar-refractivity contribution in [1.29, 1.82) is 0 Å². The summed E-state index contributed by atoms with van der Waals surface area (Å²) in [6.45, 7) is 2.17. The standard InChI is InChI=1S/C16H22O3/c1-12-6-8-16(18,9-7-12)15(17)11-13-4-3-5-14(10-13)19-2/h3-5,10,12,18H,6-9,11H2,1-2H3. The Kier molecular flexibility index (Phi) is 4.25. The smallest absolute Gasteiger partial charge is 0.168 e. The second-order valence-electron chi connectivity index (χ2n) is 5.67. The molecular weight excluding hydrogens is 240 g/mol. The fraction of sp³-hybridized carbons (Fsp3) is 0.562. The lowest BCUT2D eigenvalue weighted by atomic mass is 9.76. The van der Waals surface area contributed by atoms with E-state index in [0.717, 1.165) is 24.2 Å². The quantitative estimate of drug-likeness (QED) is 0.907. The lowest BCUT2D eigenvalue weighted by Crippen LogP contribution is -2.42. The Morgan fingerprint density at radius 1 is 1.42 bits per heavy atom. The van der Waals surface area contributed by atoms with Gasteiger partial charge in [-0.3, -0.25) is 4.79 Å². The van der Waals surface area contributed by atoms with Crippen molar-refractivity contribution in [3.63, 3.8) is 0 Å². The molecule has 3 nitrogen and oxygen atoms in total. The van der Waals surface area contributed by atoms with Crippen molar-refractivity contribution in [3.8, 4) is 5.75 Å². The second-order valence-corrected chi connectivity index (χ2v) is 5.67. The zero-order valence-corrected chi connectivity index (χ0v) is 11.7. The molecule has 1 aliphatic rings. The average Bonchev–Trinajstić information content (AvgIpc) is 2.42. The van der Waals surface area contributed by atoms with Crippen LogP contribution in [0.15, 0.2) is 24.3 Å². The predicted octanol–water partition coefficient (Wildman–Crippen LogP) is 2.75. The van der Waals surface area contributed by atoms with E-state index in [1.807, 2.05) is 24.3 Å². The molecule has 0 bridgehead atoms. The van der Waals surface area contributed by atoms with Gasteiger partial charge < -0.3 is 9.84 Å². The van der Waals surface area contributed by atoms with E-state index < -0.39 is 5.60 Å². The number of ether oxygens (including phenoxy) is 1. The van der Waals surface area contributed by atoms with E-state index in [1.54, 1.807) is 7.11 Å². The highest BCUT2D eigenvalue weighted by atomic mass is 16.5. The van der Waals surface area contributed by atoms with Gasteiger partial charge in [0.05, 0.1) is 7.11 Å². The molecule has 0 atom stereocenters. The summed E-state index contributed by atoms with van der Waals surface area (Å²) in [7, 11) is 1.61. The molecule has 19 heavy (non-hydrogen) atoms. The number of benzene rings is 1. The van der Waals surface area contributed by atoms with Crippen LogP contribution in [0.5, 0.6) is 5.75 Å². The maximum atomic E-state index is 12.3. The van der Waals surface area contributed by atoms with E-state index in [2.05, 4.69) is 6.92 Å². The summed E-state index contributed by atoms with van der Waals surface area (Å²) in [4.78, 5) is 12.3. The molecule has 1 aliphatic carbocycles. The Morgan fingerprint density at radius 3 is 2.74 bits per heavy atom. The van der Waals surface area contributed by atoms with Crippen molar-refractivity contribution in [3.05, 3.63) is 29.8 Å². The van der Waals surface area contributed by atoms with Crippen LogP contribution in [0.25, 0.3) is 0 Å². The molecule has 1 aromatic rings. The minimum atomic E-state index is -1.12. The molecule has 2 rings (SSSR count). The Hall–Kier alpha value is -1.35. The molecular formula is C16H22O3. The first-order valence-electron chi connectivity index (χ1n) is 6.92. The molecule has 0 radical (unpaired) electrons. The molecule has 1 N–H and O–H groups in total. The van der Waals surface area contributed by atoms with Gasteiger partial charge in [0.15, 0.2) is 5.78 Å². The molecule has 3 heteroatoms. The molecule has 0 saturated heterocycles. The van der Waals surface area contributed by atoms with Gasteiger partial charge in [-0.25, -0.2) is 0 Å². The number of ketones is 1.